The first-order valence-electron chi connectivity index (χ1n) is 7.36. The second-order valence-electron chi connectivity index (χ2n) is 5.64. The van der Waals surface area contributed by atoms with E-state index in [2.05, 4.69) is 17.3 Å². The number of nitrogens with one attached hydrogen (secondary N) is 1. The fourth-order valence-corrected chi connectivity index (χ4v) is 2.37. The summed E-state index contributed by atoms with van der Waals surface area (Å²) in [5.41, 5.74) is -0.245. The molecule has 0 aliphatic carbocycles. The van der Waals surface area contributed by atoms with E-state index in [-0.39, 0.29) is 18.5 Å². The lowest BCUT2D eigenvalue weighted by molar-refractivity contribution is -0.141. The number of halogens is 3. The summed E-state index contributed by atoms with van der Waals surface area (Å²) in [6.07, 6.45) is -4.43. The van der Waals surface area contributed by atoms with Crippen molar-refractivity contribution in [1.29, 1.82) is 0 Å². The number of ketones is 1. The van der Waals surface area contributed by atoms with Crippen LogP contribution in [0.4, 0.5) is 13.2 Å². The summed E-state index contributed by atoms with van der Waals surface area (Å²) in [6.45, 7) is 1.30. The van der Waals surface area contributed by atoms with Gasteiger partial charge in [0.1, 0.15) is 5.92 Å². The van der Waals surface area contributed by atoms with Crippen molar-refractivity contribution < 1.29 is 27.6 Å². The van der Waals surface area contributed by atoms with Crippen molar-refractivity contribution in [3.05, 3.63) is 34.9 Å². The maximum Gasteiger partial charge on any atom is 0.416 e. The molecule has 132 valence electrons. The first kappa shape index (κ1) is 18.5. The average Bonchev–Trinajstić information content (AvgIpc) is 2.86. The zero-order valence-electron chi connectivity index (χ0n) is 13.5. The molecule has 0 radical (unpaired) electrons. The van der Waals surface area contributed by atoms with Crippen LogP contribution < -0.4 is 5.32 Å². The van der Waals surface area contributed by atoms with Crippen LogP contribution in [-0.2, 0) is 27.0 Å². The Morgan fingerprint density at radius 3 is 2.60 bits per heavy atom. The fraction of sp³-hybridized carbons (Fsp3) is 0.353. The summed E-state index contributed by atoms with van der Waals surface area (Å²) in [7, 11) is 1.34. The number of rotatable bonds is 2. The van der Waals surface area contributed by atoms with E-state index in [9.17, 15) is 27.6 Å². The van der Waals surface area contributed by atoms with Crippen LogP contribution in [0.3, 0.4) is 0 Å². The van der Waals surface area contributed by atoms with Gasteiger partial charge in [-0.05, 0) is 24.1 Å². The minimum atomic E-state index is -4.44. The molecular weight excluding hydrogens is 337 g/mol. The fourth-order valence-electron chi connectivity index (χ4n) is 2.37. The highest BCUT2D eigenvalue weighted by atomic mass is 19.4. The van der Waals surface area contributed by atoms with Crippen molar-refractivity contribution >= 4 is 17.6 Å². The highest BCUT2D eigenvalue weighted by Gasteiger charge is 2.39. The van der Waals surface area contributed by atoms with Gasteiger partial charge in [-0.1, -0.05) is 18.1 Å². The number of Topliss-reactive ketones (excluding diaryl/α,β-unsaturated/α-hetero) is 1. The monoisotopic (exact) mass is 352 g/mol. The lowest BCUT2D eigenvalue weighted by atomic mass is 10.0. The van der Waals surface area contributed by atoms with Gasteiger partial charge < -0.3 is 5.32 Å². The van der Waals surface area contributed by atoms with Gasteiger partial charge in [-0.25, -0.2) is 0 Å². The van der Waals surface area contributed by atoms with E-state index in [1.807, 2.05) is 0 Å². The lowest BCUT2D eigenvalue weighted by Gasteiger charge is -2.12. The normalized spacial score (nSPS) is 16.9. The van der Waals surface area contributed by atoms with E-state index in [0.29, 0.717) is 5.56 Å². The van der Waals surface area contributed by atoms with E-state index >= 15 is 0 Å². The highest BCUT2D eigenvalue weighted by molar-refractivity contribution is 6.42. The van der Waals surface area contributed by atoms with Gasteiger partial charge in [0.2, 0.25) is 11.7 Å². The second kappa shape index (κ2) is 6.97. The number of amides is 2. The average molecular weight is 352 g/mol. The highest BCUT2D eigenvalue weighted by Crippen LogP contribution is 2.32. The Hall–Kier alpha value is -2.82. The molecule has 1 aliphatic rings. The standard InChI is InChI=1S/C17H15F3N2O3/c1-10-5-6-11(8-13(10)17(18,19)20)4-3-7-22(2)16(25)12-9-21-15(24)14(12)23/h5-6,8,12H,4,9H2,1-2H3,(H,21,24). The molecular formula is C17H15F3N2O3. The number of hydrogen-bond acceptors (Lipinski definition) is 3. The third-order valence-electron chi connectivity index (χ3n) is 3.78. The number of alkyl halides is 3. The van der Waals surface area contributed by atoms with Crippen molar-refractivity contribution in [1.82, 2.24) is 10.2 Å². The van der Waals surface area contributed by atoms with Crippen LogP contribution in [0.25, 0.3) is 0 Å². The van der Waals surface area contributed by atoms with E-state index in [1.54, 1.807) is 0 Å². The Bertz CT molecular complexity index is 791. The molecule has 1 aliphatic heterocycles. The van der Waals surface area contributed by atoms with Crippen LogP contribution in [0.15, 0.2) is 18.2 Å². The number of carbonyl (C=O) groups excluding carboxylic acids is 3. The molecule has 0 bridgehead atoms. The third kappa shape index (κ3) is 4.18. The van der Waals surface area contributed by atoms with E-state index in [0.717, 1.165) is 11.0 Å². The molecule has 1 atom stereocenters. The summed E-state index contributed by atoms with van der Waals surface area (Å²) in [4.78, 5) is 35.6. The zero-order chi connectivity index (χ0) is 18.8. The van der Waals surface area contributed by atoms with Gasteiger partial charge in [0.15, 0.2) is 0 Å². The van der Waals surface area contributed by atoms with Crippen molar-refractivity contribution in [3.63, 3.8) is 0 Å². The van der Waals surface area contributed by atoms with E-state index < -0.39 is 35.3 Å². The van der Waals surface area contributed by atoms with Gasteiger partial charge in [-0.2, -0.15) is 13.2 Å². The number of benzene rings is 1. The van der Waals surface area contributed by atoms with Gasteiger partial charge in [-0.15, -0.1) is 0 Å². The molecule has 1 aromatic carbocycles. The summed E-state index contributed by atoms with van der Waals surface area (Å²) in [5.74, 6) is -0.756. The minimum absolute atomic E-state index is 0.0107. The number of aryl methyl sites for hydroxylation is 1. The van der Waals surface area contributed by atoms with Gasteiger partial charge in [-0.3, -0.25) is 19.3 Å². The van der Waals surface area contributed by atoms with E-state index in [4.69, 9.17) is 0 Å². The minimum Gasteiger partial charge on any atom is -0.348 e. The van der Waals surface area contributed by atoms with Crippen LogP contribution in [0, 0.1) is 24.8 Å². The van der Waals surface area contributed by atoms with Crippen molar-refractivity contribution in [2.75, 3.05) is 13.6 Å². The molecule has 1 saturated heterocycles. The summed E-state index contributed by atoms with van der Waals surface area (Å²) in [5, 5.41) is 2.27. The summed E-state index contributed by atoms with van der Waals surface area (Å²) < 4.78 is 38.6. The maximum atomic E-state index is 12.9. The molecule has 8 heteroatoms. The number of nitrogens with zero attached hydrogens (tertiary/aromatic N) is 1. The number of carbonyl (C=O) groups is 3. The van der Waals surface area contributed by atoms with Gasteiger partial charge in [0, 0.05) is 26.1 Å². The molecule has 25 heavy (non-hydrogen) atoms. The molecule has 1 heterocycles. The molecule has 1 aromatic rings. The van der Waals surface area contributed by atoms with Gasteiger partial charge >= 0.3 is 6.18 Å². The molecule has 1 unspecified atom stereocenters. The first-order chi connectivity index (χ1) is 11.6. The molecule has 1 N–H and O–H groups in total. The molecule has 1 fully saturated rings. The zero-order valence-corrected chi connectivity index (χ0v) is 13.5. The SMILES string of the molecule is Cc1ccc(CC#CN(C)C(=O)C2CNC(=O)C2=O)cc1C(F)(F)F. The Morgan fingerprint density at radius 1 is 1.36 bits per heavy atom. The molecule has 0 aromatic heterocycles. The predicted molar refractivity (Wildman–Crippen MR) is 81.9 cm³/mol. The summed E-state index contributed by atoms with van der Waals surface area (Å²) >= 11 is 0. The second-order valence-corrected chi connectivity index (χ2v) is 5.64. The molecule has 0 saturated carbocycles. The Kier molecular flexibility index (Phi) is 5.16. The topological polar surface area (TPSA) is 66.5 Å². The van der Waals surface area contributed by atoms with Crippen LogP contribution >= 0.6 is 0 Å². The maximum absolute atomic E-state index is 12.9. The number of hydrogen-bond donors (Lipinski definition) is 1. The quantitative estimate of drug-likeness (QED) is 0.378. The van der Waals surface area contributed by atoms with Crippen LogP contribution in [0.1, 0.15) is 16.7 Å². The molecule has 0 spiro atoms. The van der Waals surface area contributed by atoms with Crippen molar-refractivity contribution in [2.24, 2.45) is 5.92 Å². The van der Waals surface area contributed by atoms with Gasteiger partial charge in [0.25, 0.3) is 5.91 Å². The third-order valence-corrected chi connectivity index (χ3v) is 3.78. The predicted octanol–water partition coefficient (Wildman–Crippen LogP) is 1.29. The van der Waals surface area contributed by atoms with Crippen molar-refractivity contribution in [3.8, 4) is 12.0 Å². The molecule has 2 rings (SSSR count). The Morgan fingerprint density at radius 2 is 2.04 bits per heavy atom. The Balaban J connectivity index is 2.06. The van der Waals surface area contributed by atoms with Crippen LogP contribution in [0.2, 0.25) is 0 Å². The van der Waals surface area contributed by atoms with E-state index in [1.165, 1.54) is 26.1 Å². The first-order valence-corrected chi connectivity index (χ1v) is 7.36. The van der Waals surface area contributed by atoms with Crippen LogP contribution in [-0.4, -0.2) is 36.1 Å². The largest absolute Gasteiger partial charge is 0.416 e. The smallest absolute Gasteiger partial charge is 0.348 e. The molecule has 5 nitrogen and oxygen atoms in total. The van der Waals surface area contributed by atoms with Crippen molar-refractivity contribution in [2.45, 2.75) is 19.5 Å². The summed E-state index contributed by atoms with van der Waals surface area (Å²) in [6, 6.07) is 6.40. The van der Waals surface area contributed by atoms with Crippen LogP contribution in [0.5, 0.6) is 0 Å². The molecule has 2 amide bonds. The lowest BCUT2D eigenvalue weighted by Crippen LogP contribution is -2.34. The van der Waals surface area contributed by atoms with Gasteiger partial charge in [0.05, 0.1) is 5.56 Å². The Labute approximate surface area is 142 Å².